The van der Waals surface area contributed by atoms with Gasteiger partial charge in [0.25, 0.3) is 0 Å². The molecule has 1 saturated carbocycles. The number of fused-ring (bicyclic) bond motifs is 2. The summed E-state index contributed by atoms with van der Waals surface area (Å²) in [7, 11) is 0. The zero-order chi connectivity index (χ0) is 19.1. The summed E-state index contributed by atoms with van der Waals surface area (Å²) in [5, 5.41) is 11.7. The second-order valence-corrected chi connectivity index (χ2v) is 8.82. The van der Waals surface area contributed by atoms with Crippen LogP contribution in [0.2, 0.25) is 0 Å². The maximum atomic E-state index is 13.6. The molecule has 2 fully saturated rings. The minimum atomic E-state index is -0.809. The zero-order valence-electron chi connectivity index (χ0n) is 16.4. The summed E-state index contributed by atoms with van der Waals surface area (Å²) in [5.74, 6) is 0.427. The first-order valence-electron chi connectivity index (χ1n) is 10.8. The first-order chi connectivity index (χ1) is 13.7. The smallest absolute Gasteiger partial charge is 0.230 e. The molecule has 3 heteroatoms. The van der Waals surface area contributed by atoms with Gasteiger partial charge >= 0.3 is 0 Å². The molecule has 2 aromatic rings. The van der Waals surface area contributed by atoms with Crippen LogP contribution in [0.15, 0.2) is 54.6 Å². The Hall–Kier alpha value is -2.13. The van der Waals surface area contributed by atoms with E-state index in [2.05, 4.69) is 41.3 Å². The fourth-order valence-corrected chi connectivity index (χ4v) is 6.06. The third-order valence-corrected chi connectivity index (χ3v) is 7.46. The average molecular weight is 376 g/mol. The molecule has 28 heavy (non-hydrogen) atoms. The molecule has 5 rings (SSSR count). The van der Waals surface area contributed by atoms with Gasteiger partial charge in [0.05, 0.1) is 11.5 Å². The molecule has 2 aliphatic carbocycles. The average Bonchev–Trinajstić information content (AvgIpc) is 3.19. The number of carbonyl (C=O) groups is 1. The number of piperidine rings is 1. The number of aliphatic hydroxyl groups is 1. The summed E-state index contributed by atoms with van der Waals surface area (Å²) in [6, 6.07) is 18.7. The summed E-state index contributed by atoms with van der Waals surface area (Å²) in [6.07, 6.45) is 6.87. The van der Waals surface area contributed by atoms with Gasteiger partial charge in [-0.15, -0.1) is 0 Å². The van der Waals surface area contributed by atoms with Crippen molar-refractivity contribution in [3.8, 4) is 0 Å². The summed E-state index contributed by atoms with van der Waals surface area (Å²) < 4.78 is 0. The van der Waals surface area contributed by atoms with E-state index in [1.807, 2.05) is 18.2 Å². The van der Waals surface area contributed by atoms with Crippen LogP contribution < -0.4 is 0 Å². The highest BCUT2D eigenvalue weighted by molar-refractivity contribution is 5.85. The highest BCUT2D eigenvalue weighted by atomic mass is 16.3. The second-order valence-electron chi connectivity index (χ2n) is 8.82. The lowest BCUT2D eigenvalue weighted by molar-refractivity contribution is -0.156. The van der Waals surface area contributed by atoms with Gasteiger partial charge in [-0.3, -0.25) is 4.79 Å². The Kier molecular flexibility index (Phi) is 4.51. The van der Waals surface area contributed by atoms with E-state index >= 15 is 0 Å². The number of hydrogen-bond donors (Lipinski definition) is 1. The Morgan fingerprint density at radius 1 is 0.964 bits per heavy atom. The Morgan fingerprint density at radius 2 is 1.71 bits per heavy atom. The molecule has 0 spiro atoms. The van der Waals surface area contributed by atoms with Gasteiger partial charge < -0.3 is 10.0 Å². The van der Waals surface area contributed by atoms with Crippen LogP contribution in [-0.4, -0.2) is 28.5 Å². The van der Waals surface area contributed by atoms with Crippen molar-refractivity contribution in [2.75, 3.05) is 6.54 Å². The van der Waals surface area contributed by atoms with E-state index in [9.17, 15) is 9.90 Å². The van der Waals surface area contributed by atoms with Gasteiger partial charge in [0.2, 0.25) is 5.91 Å². The maximum absolute atomic E-state index is 13.6. The van der Waals surface area contributed by atoms with Crippen molar-refractivity contribution in [2.24, 2.45) is 5.92 Å². The highest BCUT2D eigenvalue weighted by Gasteiger charge is 2.51. The summed E-state index contributed by atoms with van der Waals surface area (Å²) >= 11 is 0. The molecular weight excluding hydrogens is 346 g/mol. The molecule has 1 saturated heterocycles. The van der Waals surface area contributed by atoms with Gasteiger partial charge in [-0.1, -0.05) is 67.4 Å². The molecule has 2 aromatic carbocycles. The van der Waals surface area contributed by atoms with E-state index in [1.165, 1.54) is 11.1 Å². The molecule has 146 valence electrons. The first-order valence-corrected chi connectivity index (χ1v) is 10.8. The van der Waals surface area contributed by atoms with Crippen molar-refractivity contribution in [1.82, 2.24) is 4.90 Å². The molecule has 1 N–H and O–H groups in total. The molecule has 0 bridgehead atoms. The van der Waals surface area contributed by atoms with Gasteiger partial charge in [-0.25, -0.2) is 0 Å². The monoisotopic (exact) mass is 375 g/mol. The van der Waals surface area contributed by atoms with E-state index in [0.717, 1.165) is 44.1 Å². The van der Waals surface area contributed by atoms with Gasteiger partial charge in [-0.05, 0) is 48.8 Å². The largest absolute Gasteiger partial charge is 0.385 e. The third kappa shape index (κ3) is 2.79. The molecule has 0 radical (unpaired) electrons. The Balaban J connectivity index is 1.44. The Bertz CT molecular complexity index is 864. The lowest BCUT2D eigenvalue weighted by Crippen LogP contribution is -2.59. The van der Waals surface area contributed by atoms with Gasteiger partial charge in [0, 0.05) is 18.5 Å². The zero-order valence-corrected chi connectivity index (χ0v) is 16.4. The maximum Gasteiger partial charge on any atom is 0.230 e. The highest BCUT2D eigenvalue weighted by Crippen LogP contribution is 2.48. The number of carbonyl (C=O) groups excluding carboxylic acids is 1. The van der Waals surface area contributed by atoms with Crippen molar-refractivity contribution in [1.29, 1.82) is 0 Å². The number of likely N-dealkylation sites (tertiary alicyclic amines) is 1. The first kappa shape index (κ1) is 17.9. The van der Waals surface area contributed by atoms with Crippen LogP contribution in [0.3, 0.4) is 0 Å². The fraction of sp³-hybridized carbons (Fsp3) is 0.480. The normalized spacial score (nSPS) is 31.9. The van der Waals surface area contributed by atoms with Crippen LogP contribution in [0, 0.1) is 5.92 Å². The topological polar surface area (TPSA) is 40.5 Å². The second kappa shape index (κ2) is 7.04. The van der Waals surface area contributed by atoms with Crippen LogP contribution in [0.1, 0.15) is 61.1 Å². The molecular formula is C25H29NO2. The van der Waals surface area contributed by atoms with E-state index in [-0.39, 0.29) is 23.8 Å². The van der Waals surface area contributed by atoms with Crippen LogP contribution in [0.25, 0.3) is 0 Å². The van der Waals surface area contributed by atoms with Crippen LogP contribution in [0.4, 0.5) is 0 Å². The van der Waals surface area contributed by atoms with Crippen molar-refractivity contribution in [3.63, 3.8) is 0 Å². The van der Waals surface area contributed by atoms with Gasteiger partial charge in [-0.2, -0.15) is 0 Å². The number of aryl methyl sites for hydroxylation is 1. The lowest BCUT2D eigenvalue weighted by Gasteiger charge is -2.53. The van der Waals surface area contributed by atoms with Crippen molar-refractivity contribution in [3.05, 3.63) is 71.3 Å². The standard InChI is InChI=1S/C25H29NO2/c27-24(21-15-14-18-8-4-5-11-20(18)21)26-17-16-25(28,19-9-2-1-3-10-19)22-12-6-7-13-23(22)26/h1-5,8-11,21-23,28H,6-7,12-17H2/t21?,22-,23-,25?/m0/s1. The van der Waals surface area contributed by atoms with E-state index in [0.29, 0.717) is 13.0 Å². The predicted octanol–water partition coefficient (Wildman–Crippen LogP) is 4.40. The number of hydrogen-bond acceptors (Lipinski definition) is 2. The molecule has 1 aliphatic heterocycles. The van der Waals surface area contributed by atoms with Gasteiger partial charge in [0.1, 0.15) is 0 Å². The number of nitrogens with zero attached hydrogens (tertiary/aromatic N) is 1. The summed E-state index contributed by atoms with van der Waals surface area (Å²) in [5.41, 5.74) is 2.77. The van der Waals surface area contributed by atoms with E-state index in [1.54, 1.807) is 0 Å². The quantitative estimate of drug-likeness (QED) is 0.845. The van der Waals surface area contributed by atoms with Crippen LogP contribution in [0.5, 0.6) is 0 Å². The minimum absolute atomic E-state index is 0.00157. The number of amides is 1. The number of rotatable bonds is 2. The fourth-order valence-electron chi connectivity index (χ4n) is 6.06. The molecule has 3 aliphatic rings. The SMILES string of the molecule is O=C(C1CCc2ccccc21)N1CCC(O)(c2ccccc2)[C@H]2CCCC[C@@H]21. The predicted molar refractivity (Wildman–Crippen MR) is 110 cm³/mol. The van der Waals surface area contributed by atoms with Crippen LogP contribution >= 0.6 is 0 Å². The van der Waals surface area contributed by atoms with Crippen LogP contribution in [-0.2, 0) is 16.8 Å². The Labute approximate surface area is 167 Å². The number of benzene rings is 2. The van der Waals surface area contributed by atoms with Gasteiger partial charge in [0.15, 0.2) is 0 Å². The summed E-state index contributed by atoms with van der Waals surface area (Å²) in [6.45, 7) is 0.657. The van der Waals surface area contributed by atoms with E-state index < -0.39 is 5.60 Å². The molecule has 4 atom stereocenters. The lowest BCUT2D eigenvalue weighted by atomic mass is 9.66. The molecule has 2 unspecified atom stereocenters. The molecule has 1 heterocycles. The molecule has 0 aromatic heterocycles. The molecule has 1 amide bonds. The minimum Gasteiger partial charge on any atom is -0.385 e. The summed E-state index contributed by atoms with van der Waals surface area (Å²) in [4.78, 5) is 15.8. The van der Waals surface area contributed by atoms with Crippen molar-refractivity contribution in [2.45, 2.75) is 62.5 Å². The van der Waals surface area contributed by atoms with Crippen molar-refractivity contribution >= 4 is 5.91 Å². The van der Waals surface area contributed by atoms with Crippen molar-refractivity contribution < 1.29 is 9.90 Å². The Morgan fingerprint density at radius 3 is 2.57 bits per heavy atom. The third-order valence-electron chi connectivity index (χ3n) is 7.46. The van der Waals surface area contributed by atoms with E-state index in [4.69, 9.17) is 0 Å². The molecule has 3 nitrogen and oxygen atoms in total.